The van der Waals surface area contributed by atoms with E-state index in [9.17, 15) is 4.79 Å². The van der Waals surface area contributed by atoms with Crippen LogP contribution in [0, 0.1) is 6.92 Å². The zero-order valence-electron chi connectivity index (χ0n) is 22.7. The molecule has 5 heterocycles. The molecule has 1 aliphatic heterocycles. The Balaban J connectivity index is 1.28. The summed E-state index contributed by atoms with van der Waals surface area (Å²) in [4.78, 5) is 24.4. The number of amides is 1. The number of aromatic nitrogens is 6. The van der Waals surface area contributed by atoms with Crippen molar-refractivity contribution in [2.75, 3.05) is 23.7 Å². The number of rotatable bonds is 8. The Labute approximate surface area is 222 Å². The number of aryl methyl sites for hydroxylation is 3. The van der Waals surface area contributed by atoms with Crippen LogP contribution in [0.25, 0.3) is 10.9 Å². The van der Waals surface area contributed by atoms with Crippen molar-refractivity contribution in [1.29, 1.82) is 0 Å². The van der Waals surface area contributed by atoms with Gasteiger partial charge < -0.3 is 16.0 Å². The lowest BCUT2D eigenvalue weighted by Crippen LogP contribution is -2.47. The number of fused-ring (bicyclic) bond motifs is 1. The number of hydrogen-bond acceptors (Lipinski definition) is 8. The molecule has 11 heteroatoms. The molecule has 38 heavy (non-hydrogen) atoms. The monoisotopic (exact) mass is 516 g/mol. The fourth-order valence-electron chi connectivity index (χ4n) is 5.17. The van der Waals surface area contributed by atoms with E-state index in [2.05, 4.69) is 54.9 Å². The summed E-state index contributed by atoms with van der Waals surface area (Å²) in [6.07, 6.45) is 10.7. The van der Waals surface area contributed by atoms with Crippen LogP contribution in [-0.2, 0) is 14.1 Å². The summed E-state index contributed by atoms with van der Waals surface area (Å²) in [5, 5.41) is 19.4. The molecule has 11 nitrogen and oxygen atoms in total. The molecule has 1 amide bonds. The van der Waals surface area contributed by atoms with Gasteiger partial charge >= 0.3 is 0 Å². The SMILES string of the molecule is Cc1ncc(C(=O)NCCN2[C@H](C)CCC[C@@H]2C)cc1Nc1nn(C)c2cc(Nc3cnn(C)c3)ncc12. The van der Waals surface area contributed by atoms with Gasteiger partial charge in [-0.15, -0.1) is 0 Å². The normalized spacial score (nSPS) is 18.0. The summed E-state index contributed by atoms with van der Waals surface area (Å²) in [6, 6.07) is 4.88. The first-order chi connectivity index (χ1) is 18.3. The van der Waals surface area contributed by atoms with E-state index in [1.807, 2.05) is 39.3 Å². The van der Waals surface area contributed by atoms with Gasteiger partial charge in [-0.1, -0.05) is 6.42 Å². The van der Waals surface area contributed by atoms with Gasteiger partial charge in [-0.2, -0.15) is 10.2 Å². The maximum atomic E-state index is 12.9. The van der Waals surface area contributed by atoms with Crippen molar-refractivity contribution >= 4 is 39.8 Å². The molecule has 2 atom stereocenters. The van der Waals surface area contributed by atoms with Crippen LogP contribution in [0.1, 0.15) is 49.2 Å². The summed E-state index contributed by atoms with van der Waals surface area (Å²) in [6.45, 7) is 7.91. The van der Waals surface area contributed by atoms with Crippen LogP contribution < -0.4 is 16.0 Å². The van der Waals surface area contributed by atoms with E-state index in [0.29, 0.717) is 35.8 Å². The van der Waals surface area contributed by atoms with Crippen molar-refractivity contribution in [1.82, 2.24) is 39.7 Å². The Morgan fingerprint density at radius 3 is 2.58 bits per heavy atom. The van der Waals surface area contributed by atoms with Gasteiger partial charge in [0.25, 0.3) is 5.91 Å². The molecule has 0 bridgehead atoms. The number of carbonyl (C=O) groups is 1. The largest absolute Gasteiger partial charge is 0.351 e. The van der Waals surface area contributed by atoms with Crippen molar-refractivity contribution < 1.29 is 4.79 Å². The Kier molecular flexibility index (Phi) is 7.28. The lowest BCUT2D eigenvalue weighted by atomic mass is 9.98. The molecule has 1 fully saturated rings. The van der Waals surface area contributed by atoms with Crippen molar-refractivity contribution in [2.45, 2.75) is 52.1 Å². The highest BCUT2D eigenvalue weighted by molar-refractivity contribution is 5.96. The number of pyridine rings is 2. The van der Waals surface area contributed by atoms with E-state index in [1.165, 1.54) is 19.3 Å². The first-order valence-corrected chi connectivity index (χ1v) is 13.1. The summed E-state index contributed by atoms with van der Waals surface area (Å²) in [7, 11) is 3.76. The van der Waals surface area contributed by atoms with Crippen LogP contribution in [0.5, 0.6) is 0 Å². The van der Waals surface area contributed by atoms with Gasteiger partial charge in [-0.05, 0) is 39.7 Å². The van der Waals surface area contributed by atoms with Crippen molar-refractivity contribution in [2.24, 2.45) is 14.1 Å². The van der Waals surface area contributed by atoms with E-state index in [1.54, 1.807) is 28.0 Å². The number of nitrogens with zero attached hydrogens (tertiary/aromatic N) is 7. The molecule has 0 aliphatic carbocycles. The predicted octanol–water partition coefficient (Wildman–Crippen LogP) is 3.89. The second-order valence-corrected chi connectivity index (χ2v) is 10.2. The van der Waals surface area contributed by atoms with Crippen molar-refractivity contribution in [3.05, 3.63) is 48.2 Å². The molecule has 4 aromatic rings. The molecule has 4 aromatic heterocycles. The Hall–Kier alpha value is -3.99. The highest BCUT2D eigenvalue weighted by Crippen LogP contribution is 2.28. The summed E-state index contributed by atoms with van der Waals surface area (Å²) in [5.74, 6) is 1.22. The minimum Gasteiger partial charge on any atom is -0.351 e. The third-order valence-corrected chi connectivity index (χ3v) is 7.35. The minimum atomic E-state index is -0.128. The van der Waals surface area contributed by atoms with E-state index in [-0.39, 0.29) is 5.91 Å². The predicted molar refractivity (Wildman–Crippen MR) is 149 cm³/mol. The highest BCUT2D eigenvalue weighted by Gasteiger charge is 2.24. The van der Waals surface area contributed by atoms with Crippen LogP contribution in [0.2, 0.25) is 0 Å². The fraction of sp³-hybridized carbons (Fsp3) is 0.444. The minimum absolute atomic E-state index is 0.128. The molecular formula is C27H36N10O. The highest BCUT2D eigenvalue weighted by atomic mass is 16.1. The van der Waals surface area contributed by atoms with Crippen molar-refractivity contribution in [3.63, 3.8) is 0 Å². The number of anilines is 4. The second kappa shape index (κ2) is 10.8. The smallest absolute Gasteiger partial charge is 0.252 e. The molecule has 0 saturated carbocycles. The molecule has 0 unspecified atom stereocenters. The third kappa shape index (κ3) is 5.47. The van der Waals surface area contributed by atoms with Crippen LogP contribution in [0.3, 0.4) is 0 Å². The van der Waals surface area contributed by atoms with Gasteiger partial charge in [0.05, 0.1) is 39.7 Å². The zero-order chi connectivity index (χ0) is 26.8. The van der Waals surface area contributed by atoms with E-state index >= 15 is 0 Å². The first kappa shape index (κ1) is 25.7. The van der Waals surface area contributed by atoms with Crippen LogP contribution in [-0.4, -0.2) is 65.5 Å². The standard InChI is InChI=1S/C27H36N10O/c1-17-7-6-8-18(2)37(17)10-9-28-27(38)20-11-23(19(3)29-13-20)33-26-22-15-30-25(12-24(22)36(5)34-26)32-21-14-31-35(4)16-21/h11-18H,6-10H2,1-5H3,(H,28,38)(H,30,32)(H,33,34)/t17-,18+. The van der Waals surface area contributed by atoms with E-state index < -0.39 is 0 Å². The van der Waals surface area contributed by atoms with Gasteiger partial charge in [0.1, 0.15) is 5.82 Å². The Morgan fingerprint density at radius 1 is 1.05 bits per heavy atom. The first-order valence-electron chi connectivity index (χ1n) is 13.1. The Morgan fingerprint density at radius 2 is 1.84 bits per heavy atom. The molecule has 5 rings (SSSR count). The third-order valence-electron chi connectivity index (χ3n) is 7.35. The molecule has 200 valence electrons. The molecule has 3 N–H and O–H groups in total. The number of hydrogen-bond donors (Lipinski definition) is 3. The number of carbonyl (C=O) groups excluding carboxylic acids is 1. The van der Waals surface area contributed by atoms with E-state index in [0.717, 1.165) is 34.5 Å². The van der Waals surface area contributed by atoms with Gasteiger partial charge in [-0.3, -0.25) is 24.0 Å². The second-order valence-electron chi connectivity index (χ2n) is 10.2. The average molecular weight is 517 g/mol. The number of piperidine rings is 1. The maximum absolute atomic E-state index is 12.9. The van der Waals surface area contributed by atoms with Gasteiger partial charge in [-0.25, -0.2) is 4.98 Å². The summed E-state index contributed by atoms with van der Waals surface area (Å²) >= 11 is 0. The van der Waals surface area contributed by atoms with Gasteiger partial charge in [0.2, 0.25) is 0 Å². The Bertz CT molecular complexity index is 1430. The van der Waals surface area contributed by atoms with Gasteiger partial charge in [0.15, 0.2) is 5.82 Å². The molecule has 0 spiro atoms. The lowest BCUT2D eigenvalue weighted by molar-refractivity contribution is 0.0889. The number of likely N-dealkylation sites (tertiary alicyclic amines) is 1. The summed E-state index contributed by atoms with van der Waals surface area (Å²) < 4.78 is 3.53. The fourth-order valence-corrected chi connectivity index (χ4v) is 5.17. The molecule has 0 aromatic carbocycles. The van der Waals surface area contributed by atoms with Gasteiger partial charge in [0, 0.05) is 63.9 Å². The van der Waals surface area contributed by atoms with Crippen LogP contribution in [0.4, 0.5) is 23.0 Å². The number of nitrogens with one attached hydrogen (secondary N) is 3. The molecular weight excluding hydrogens is 480 g/mol. The molecule has 1 aliphatic rings. The quantitative estimate of drug-likeness (QED) is 0.323. The molecule has 0 radical (unpaired) electrons. The zero-order valence-corrected chi connectivity index (χ0v) is 22.7. The van der Waals surface area contributed by atoms with Crippen molar-refractivity contribution in [3.8, 4) is 0 Å². The van der Waals surface area contributed by atoms with Crippen LogP contribution in [0.15, 0.2) is 36.9 Å². The average Bonchev–Trinajstić information content (AvgIpc) is 3.44. The summed E-state index contributed by atoms with van der Waals surface area (Å²) in [5.41, 5.74) is 3.79. The lowest BCUT2D eigenvalue weighted by Gasteiger charge is -2.39. The van der Waals surface area contributed by atoms with E-state index in [4.69, 9.17) is 0 Å². The topological polar surface area (TPSA) is 118 Å². The molecule has 1 saturated heterocycles. The van der Waals surface area contributed by atoms with Crippen LogP contribution >= 0.6 is 0 Å². The maximum Gasteiger partial charge on any atom is 0.252 e.